The highest BCUT2D eigenvalue weighted by atomic mass is 32.1. The number of methoxy groups -OCH3 is 1. The minimum absolute atomic E-state index is 0.0165. The molecule has 0 saturated heterocycles. The summed E-state index contributed by atoms with van der Waals surface area (Å²) >= 11 is 1.45. The van der Waals surface area contributed by atoms with Gasteiger partial charge in [-0.25, -0.2) is 9.37 Å². The molecule has 0 aliphatic heterocycles. The van der Waals surface area contributed by atoms with Gasteiger partial charge >= 0.3 is 0 Å². The molecule has 0 saturated carbocycles. The third-order valence-corrected chi connectivity index (χ3v) is 6.63. The molecule has 0 unspecified atom stereocenters. The van der Waals surface area contributed by atoms with E-state index < -0.39 is 24.1 Å². The molecule has 0 aliphatic rings. The van der Waals surface area contributed by atoms with Crippen LogP contribution in [0.25, 0.3) is 20.8 Å². The van der Waals surface area contributed by atoms with E-state index in [2.05, 4.69) is 20.6 Å². The van der Waals surface area contributed by atoms with Gasteiger partial charge in [-0.2, -0.15) is 0 Å². The summed E-state index contributed by atoms with van der Waals surface area (Å²) in [6.45, 7) is 0. The number of ether oxygens (including phenoxy) is 2. The number of fused-ring (bicyclic) bond motifs is 1. The molecule has 0 atom stereocenters. The zero-order valence-electron chi connectivity index (χ0n) is 20.4. The Morgan fingerprint density at radius 2 is 1.82 bits per heavy atom. The van der Waals surface area contributed by atoms with Gasteiger partial charge in [0, 0.05) is 37.3 Å². The van der Waals surface area contributed by atoms with Crippen molar-refractivity contribution in [2.45, 2.75) is 6.42 Å². The Labute approximate surface area is 220 Å². The van der Waals surface area contributed by atoms with Crippen molar-refractivity contribution in [3.63, 3.8) is 0 Å². The highest BCUT2D eigenvalue weighted by molar-refractivity contribution is 7.22. The van der Waals surface area contributed by atoms with Crippen molar-refractivity contribution in [2.75, 3.05) is 17.7 Å². The Morgan fingerprint density at radius 3 is 2.58 bits per heavy atom. The van der Waals surface area contributed by atoms with Gasteiger partial charge in [-0.3, -0.25) is 14.6 Å². The highest BCUT2D eigenvalue weighted by Crippen LogP contribution is 2.39. The first-order chi connectivity index (χ1) is 18.4. The fraction of sp³-hybridized carbons (Fsp3) is 0.111. The fourth-order valence-electron chi connectivity index (χ4n) is 3.73. The summed E-state index contributed by atoms with van der Waals surface area (Å²) in [7, 11) is 3.37. The van der Waals surface area contributed by atoms with Crippen molar-refractivity contribution < 1.29 is 23.5 Å². The molecule has 0 fully saturated rings. The highest BCUT2D eigenvalue weighted by Gasteiger charge is 2.16. The Morgan fingerprint density at radius 1 is 1.00 bits per heavy atom. The van der Waals surface area contributed by atoms with Crippen LogP contribution in [-0.4, -0.2) is 33.5 Å². The molecule has 2 aromatic carbocycles. The molecule has 3 heterocycles. The maximum Gasteiger partial charge on any atom is 0.233 e. The number of carbonyl (C=O) groups excluding carboxylic acids is 2. The summed E-state index contributed by atoms with van der Waals surface area (Å²) in [5.41, 5.74) is 2.16. The Hall–Kier alpha value is -4.77. The van der Waals surface area contributed by atoms with Crippen LogP contribution in [0.2, 0.25) is 0 Å². The van der Waals surface area contributed by atoms with Crippen molar-refractivity contribution in [3.05, 3.63) is 79.1 Å². The van der Waals surface area contributed by atoms with E-state index in [1.54, 1.807) is 42.9 Å². The number of anilines is 2. The molecular weight excluding hydrogens is 509 g/mol. The molecule has 5 rings (SSSR count). The van der Waals surface area contributed by atoms with Crippen LogP contribution in [0.1, 0.15) is 6.42 Å². The van der Waals surface area contributed by atoms with Gasteiger partial charge in [-0.15, -0.1) is 11.3 Å². The summed E-state index contributed by atoms with van der Waals surface area (Å²) in [5.74, 6) is -0.895. The topological polar surface area (TPSA) is 107 Å². The van der Waals surface area contributed by atoms with Crippen LogP contribution in [0.5, 0.6) is 17.2 Å². The summed E-state index contributed by atoms with van der Waals surface area (Å²) in [4.78, 5) is 34.3. The van der Waals surface area contributed by atoms with Gasteiger partial charge < -0.3 is 24.7 Å². The number of carbonyl (C=O) groups is 2. The van der Waals surface area contributed by atoms with Crippen LogP contribution >= 0.6 is 11.3 Å². The number of pyridine rings is 1. The molecule has 9 nitrogen and oxygen atoms in total. The minimum atomic E-state index is -0.673. The first-order valence-electron chi connectivity index (χ1n) is 11.5. The Kier molecular flexibility index (Phi) is 7.00. The maximum atomic E-state index is 14.9. The molecule has 38 heavy (non-hydrogen) atoms. The third-order valence-electron chi connectivity index (χ3n) is 5.47. The number of thiophene rings is 1. The Balaban J connectivity index is 1.25. The van der Waals surface area contributed by atoms with E-state index in [0.717, 1.165) is 21.3 Å². The van der Waals surface area contributed by atoms with Crippen LogP contribution in [0.4, 0.5) is 15.8 Å². The SMILES string of the molecule is COc1ccccc1NC(=O)CC(=O)Nc1ccc(Oc2ccnc3cc(-c4cn(C)cn4)sc23)c(F)c1. The van der Waals surface area contributed by atoms with E-state index in [0.29, 0.717) is 22.7 Å². The molecule has 192 valence electrons. The number of imidazole rings is 1. The molecule has 0 bridgehead atoms. The standard InChI is InChI=1S/C27H22FN5O4S/c1-33-14-20(30-15-33)24-12-19-27(38-24)23(9-10-29-19)37-21-8-7-16(11-17(21)28)31-25(34)13-26(35)32-18-5-3-4-6-22(18)36-2/h3-12,14-15H,13H2,1-2H3,(H,31,34)(H,32,35). The number of nitrogens with zero attached hydrogens (tertiary/aromatic N) is 3. The number of hydrogen-bond donors (Lipinski definition) is 2. The quantitative estimate of drug-likeness (QED) is 0.252. The number of rotatable bonds is 8. The monoisotopic (exact) mass is 531 g/mol. The van der Waals surface area contributed by atoms with Crippen molar-refractivity contribution in [1.29, 1.82) is 0 Å². The van der Waals surface area contributed by atoms with Crippen LogP contribution in [-0.2, 0) is 16.6 Å². The van der Waals surface area contributed by atoms with E-state index in [9.17, 15) is 14.0 Å². The number of benzene rings is 2. The summed E-state index contributed by atoms with van der Waals surface area (Å²) in [6.07, 6.45) is 4.76. The second kappa shape index (κ2) is 10.7. The number of aromatic nitrogens is 3. The molecule has 0 radical (unpaired) electrons. The van der Waals surface area contributed by atoms with Crippen LogP contribution in [0.3, 0.4) is 0 Å². The lowest BCUT2D eigenvalue weighted by Crippen LogP contribution is -2.21. The van der Waals surface area contributed by atoms with Crippen LogP contribution < -0.4 is 20.1 Å². The van der Waals surface area contributed by atoms with E-state index in [1.807, 2.05) is 23.9 Å². The molecule has 0 spiro atoms. The minimum Gasteiger partial charge on any atom is -0.495 e. The number of para-hydroxylation sites is 2. The molecule has 2 N–H and O–H groups in total. The summed E-state index contributed by atoms with van der Waals surface area (Å²) < 4.78 is 28.6. The number of hydrogen-bond acceptors (Lipinski definition) is 7. The molecular formula is C27H22FN5O4S. The number of amides is 2. The lowest BCUT2D eigenvalue weighted by Gasteiger charge is -2.11. The lowest BCUT2D eigenvalue weighted by molar-refractivity contribution is -0.123. The van der Waals surface area contributed by atoms with Crippen LogP contribution in [0, 0.1) is 5.82 Å². The largest absolute Gasteiger partial charge is 0.495 e. The normalized spacial score (nSPS) is 10.8. The van der Waals surface area contributed by atoms with E-state index in [1.165, 1.54) is 30.6 Å². The van der Waals surface area contributed by atoms with Gasteiger partial charge in [0.25, 0.3) is 0 Å². The second-order valence-electron chi connectivity index (χ2n) is 8.28. The molecule has 3 aromatic heterocycles. The average molecular weight is 532 g/mol. The van der Waals surface area contributed by atoms with Gasteiger partial charge in [0.05, 0.1) is 39.9 Å². The molecule has 11 heteroatoms. The lowest BCUT2D eigenvalue weighted by atomic mass is 10.2. The van der Waals surface area contributed by atoms with E-state index in [-0.39, 0.29) is 11.4 Å². The second-order valence-corrected chi connectivity index (χ2v) is 9.33. The molecule has 2 amide bonds. The Bertz CT molecular complexity index is 1650. The van der Waals surface area contributed by atoms with Gasteiger partial charge in [0.1, 0.15) is 17.9 Å². The predicted molar refractivity (Wildman–Crippen MR) is 143 cm³/mol. The first kappa shape index (κ1) is 24.9. The van der Waals surface area contributed by atoms with Crippen molar-refractivity contribution in [2.24, 2.45) is 7.05 Å². The third kappa shape index (κ3) is 5.47. The number of nitrogens with one attached hydrogen (secondary N) is 2. The smallest absolute Gasteiger partial charge is 0.233 e. The van der Waals surface area contributed by atoms with E-state index >= 15 is 0 Å². The van der Waals surface area contributed by atoms with Gasteiger partial charge in [0.2, 0.25) is 11.8 Å². The van der Waals surface area contributed by atoms with Gasteiger partial charge in [-0.1, -0.05) is 12.1 Å². The zero-order chi connectivity index (χ0) is 26.6. The first-order valence-corrected chi connectivity index (χ1v) is 12.3. The van der Waals surface area contributed by atoms with Crippen LogP contribution in [0.15, 0.2) is 73.3 Å². The van der Waals surface area contributed by atoms with Crippen molar-refractivity contribution in [3.8, 4) is 27.8 Å². The van der Waals surface area contributed by atoms with Gasteiger partial charge in [0.15, 0.2) is 11.6 Å². The summed E-state index contributed by atoms with van der Waals surface area (Å²) in [5, 5.41) is 5.15. The maximum absolute atomic E-state index is 14.9. The average Bonchev–Trinajstić information content (AvgIpc) is 3.52. The number of aryl methyl sites for hydroxylation is 1. The van der Waals surface area contributed by atoms with E-state index in [4.69, 9.17) is 9.47 Å². The molecule has 0 aliphatic carbocycles. The molecule has 5 aromatic rings. The predicted octanol–water partition coefficient (Wildman–Crippen LogP) is 5.60. The van der Waals surface area contributed by atoms with Crippen molar-refractivity contribution >= 4 is 44.7 Å². The zero-order valence-corrected chi connectivity index (χ0v) is 21.2. The number of halogens is 1. The van der Waals surface area contributed by atoms with Crippen molar-refractivity contribution in [1.82, 2.24) is 14.5 Å². The van der Waals surface area contributed by atoms with Gasteiger partial charge in [-0.05, 0) is 30.3 Å². The summed E-state index contributed by atoms with van der Waals surface area (Å²) in [6, 6.07) is 14.5. The fourth-order valence-corrected chi connectivity index (χ4v) is 4.76.